The smallest absolute Gasteiger partial charge is 0.272 e. The molecule has 2 N–H and O–H groups in total. The molecule has 3 aromatic rings. The van der Waals surface area contributed by atoms with Crippen LogP contribution >= 0.6 is 0 Å². The maximum absolute atomic E-state index is 13.3. The first kappa shape index (κ1) is 18.7. The van der Waals surface area contributed by atoms with E-state index in [4.69, 9.17) is 4.74 Å². The third-order valence-electron chi connectivity index (χ3n) is 4.71. The van der Waals surface area contributed by atoms with Gasteiger partial charge in [-0.05, 0) is 61.4 Å². The molecule has 8 heteroatoms. The highest BCUT2D eigenvalue weighted by molar-refractivity contribution is 5.95. The van der Waals surface area contributed by atoms with Crippen LogP contribution in [0, 0.1) is 12.7 Å². The number of carbonyl (C=O) groups excluding carboxylic acids is 2. The van der Waals surface area contributed by atoms with E-state index in [9.17, 15) is 14.0 Å². The lowest BCUT2D eigenvalue weighted by Crippen LogP contribution is -2.28. The summed E-state index contributed by atoms with van der Waals surface area (Å²) in [6, 6.07) is 11.0. The number of aryl methyl sites for hydroxylation is 1. The van der Waals surface area contributed by atoms with Gasteiger partial charge in [0.15, 0.2) is 12.3 Å². The zero-order valence-corrected chi connectivity index (χ0v) is 15.9. The number of carbonyl (C=O) groups is 2. The molecule has 1 aliphatic rings. The Morgan fingerprint density at radius 1 is 1.28 bits per heavy atom. The van der Waals surface area contributed by atoms with Gasteiger partial charge in [0.1, 0.15) is 11.6 Å². The molecule has 2 amide bonds. The Kier molecular flexibility index (Phi) is 4.75. The maximum Gasteiger partial charge on any atom is 0.272 e. The summed E-state index contributed by atoms with van der Waals surface area (Å²) in [7, 11) is 0. The number of amides is 2. The van der Waals surface area contributed by atoms with E-state index in [-0.39, 0.29) is 36.0 Å². The van der Waals surface area contributed by atoms with Crippen molar-refractivity contribution in [3.05, 3.63) is 71.3 Å². The number of aromatic nitrogens is 2. The normalized spacial score (nSPS) is 13.8. The number of fused-ring (bicyclic) bond motifs is 1. The molecule has 0 aliphatic carbocycles. The summed E-state index contributed by atoms with van der Waals surface area (Å²) in [6.07, 6.45) is 1.66. The number of ether oxygens (including phenoxy) is 1. The zero-order valence-electron chi connectivity index (χ0n) is 15.9. The van der Waals surface area contributed by atoms with E-state index in [1.807, 2.05) is 13.0 Å². The molecule has 0 fully saturated rings. The molecule has 1 aliphatic heterocycles. The molecule has 1 atom stereocenters. The van der Waals surface area contributed by atoms with Gasteiger partial charge < -0.3 is 15.4 Å². The van der Waals surface area contributed by atoms with Gasteiger partial charge in [-0.25, -0.2) is 9.07 Å². The molecule has 0 saturated carbocycles. The maximum atomic E-state index is 13.3. The van der Waals surface area contributed by atoms with E-state index >= 15 is 0 Å². The lowest BCUT2D eigenvalue weighted by molar-refractivity contribution is -0.118. The first-order valence-electron chi connectivity index (χ1n) is 9.10. The van der Waals surface area contributed by atoms with Gasteiger partial charge in [0.2, 0.25) is 0 Å². The SMILES string of the molecule is Cc1cc(F)ccc1-n1ccc(C(=O)NC(C)c2ccc3c(c2)NC(=O)CO3)n1. The van der Waals surface area contributed by atoms with Crippen LogP contribution in [-0.4, -0.2) is 28.2 Å². The summed E-state index contributed by atoms with van der Waals surface area (Å²) in [5.74, 6) is -0.279. The van der Waals surface area contributed by atoms with Crippen molar-refractivity contribution in [2.45, 2.75) is 19.9 Å². The van der Waals surface area contributed by atoms with Gasteiger partial charge in [-0.15, -0.1) is 0 Å². The van der Waals surface area contributed by atoms with E-state index in [0.717, 1.165) is 5.56 Å². The minimum atomic E-state index is -0.339. The first-order valence-corrected chi connectivity index (χ1v) is 9.10. The number of benzene rings is 2. The molecule has 2 heterocycles. The average Bonchev–Trinajstić information content (AvgIpc) is 3.17. The van der Waals surface area contributed by atoms with Gasteiger partial charge >= 0.3 is 0 Å². The average molecular weight is 394 g/mol. The van der Waals surface area contributed by atoms with Crippen molar-refractivity contribution >= 4 is 17.5 Å². The molecule has 0 bridgehead atoms. The molecule has 148 valence electrons. The van der Waals surface area contributed by atoms with Gasteiger partial charge in [0.25, 0.3) is 11.8 Å². The van der Waals surface area contributed by atoms with Crippen molar-refractivity contribution in [2.24, 2.45) is 0 Å². The highest BCUT2D eigenvalue weighted by Crippen LogP contribution is 2.30. The van der Waals surface area contributed by atoms with Crippen molar-refractivity contribution in [3.8, 4) is 11.4 Å². The standard InChI is InChI=1S/C21H19FN4O3/c1-12-9-15(22)4-5-18(12)26-8-7-16(25-26)21(28)23-13(2)14-3-6-19-17(10-14)24-20(27)11-29-19/h3-10,13H,11H2,1-2H3,(H,23,28)(H,24,27). The van der Waals surface area contributed by atoms with Gasteiger partial charge in [-0.2, -0.15) is 5.10 Å². The fourth-order valence-electron chi connectivity index (χ4n) is 3.18. The fourth-order valence-corrected chi connectivity index (χ4v) is 3.18. The molecular formula is C21H19FN4O3. The second-order valence-corrected chi connectivity index (χ2v) is 6.86. The molecule has 1 unspecified atom stereocenters. The Bertz CT molecular complexity index is 1110. The number of rotatable bonds is 4. The number of hydrogen-bond donors (Lipinski definition) is 2. The number of anilines is 1. The molecule has 0 saturated heterocycles. The van der Waals surface area contributed by atoms with Crippen molar-refractivity contribution in [1.29, 1.82) is 0 Å². The van der Waals surface area contributed by atoms with E-state index in [2.05, 4.69) is 15.7 Å². The quantitative estimate of drug-likeness (QED) is 0.712. The van der Waals surface area contributed by atoms with Crippen molar-refractivity contribution in [2.75, 3.05) is 11.9 Å². The highest BCUT2D eigenvalue weighted by atomic mass is 19.1. The van der Waals surface area contributed by atoms with Crippen molar-refractivity contribution in [1.82, 2.24) is 15.1 Å². The Balaban J connectivity index is 1.49. The second kappa shape index (κ2) is 7.38. The minimum absolute atomic E-state index is 0.00513. The summed E-state index contributed by atoms with van der Waals surface area (Å²) >= 11 is 0. The van der Waals surface area contributed by atoms with Crippen LogP contribution in [0.1, 0.15) is 34.6 Å². The van der Waals surface area contributed by atoms with E-state index < -0.39 is 0 Å². The minimum Gasteiger partial charge on any atom is -0.482 e. The number of halogens is 1. The Labute approximate surface area is 166 Å². The van der Waals surface area contributed by atoms with E-state index in [1.54, 1.807) is 42.1 Å². The predicted octanol–water partition coefficient (Wildman–Crippen LogP) is 3.14. The largest absolute Gasteiger partial charge is 0.482 e. The lowest BCUT2D eigenvalue weighted by atomic mass is 10.1. The summed E-state index contributed by atoms with van der Waals surface area (Å²) < 4.78 is 20.2. The van der Waals surface area contributed by atoms with Crippen LogP contribution in [0.25, 0.3) is 5.69 Å². The number of nitrogens with zero attached hydrogens (tertiary/aromatic N) is 2. The molecular weight excluding hydrogens is 375 g/mol. The summed E-state index contributed by atoms with van der Waals surface area (Å²) in [5.41, 5.74) is 3.05. The monoisotopic (exact) mass is 394 g/mol. The van der Waals surface area contributed by atoms with Crippen LogP contribution in [-0.2, 0) is 4.79 Å². The van der Waals surface area contributed by atoms with Crippen LogP contribution in [0.15, 0.2) is 48.7 Å². The van der Waals surface area contributed by atoms with E-state index in [0.29, 0.717) is 22.7 Å². The van der Waals surface area contributed by atoms with Crippen LogP contribution < -0.4 is 15.4 Å². The topological polar surface area (TPSA) is 85.2 Å². The lowest BCUT2D eigenvalue weighted by Gasteiger charge is -2.20. The Morgan fingerprint density at radius 2 is 2.10 bits per heavy atom. The van der Waals surface area contributed by atoms with Crippen LogP contribution in [0.5, 0.6) is 5.75 Å². The summed E-state index contributed by atoms with van der Waals surface area (Å²) in [6.45, 7) is 3.61. The second-order valence-electron chi connectivity index (χ2n) is 6.86. The van der Waals surface area contributed by atoms with Crippen LogP contribution in [0.3, 0.4) is 0 Å². The summed E-state index contributed by atoms with van der Waals surface area (Å²) in [5, 5.41) is 9.95. The third-order valence-corrected chi connectivity index (χ3v) is 4.71. The highest BCUT2D eigenvalue weighted by Gasteiger charge is 2.19. The van der Waals surface area contributed by atoms with Gasteiger partial charge in [-0.3, -0.25) is 9.59 Å². The summed E-state index contributed by atoms with van der Waals surface area (Å²) in [4.78, 5) is 24.1. The van der Waals surface area contributed by atoms with Gasteiger partial charge in [-0.1, -0.05) is 6.07 Å². The Morgan fingerprint density at radius 3 is 2.90 bits per heavy atom. The Hall–Kier alpha value is -3.68. The van der Waals surface area contributed by atoms with Crippen molar-refractivity contribution < 1.29 is 18.7 Å². The predicted molar refractivity (Wildman–Crippen MR) is 105 cm³/mol. The molecule has 2 aromatic carbocycles. The van der Waals surface area contributed by atoms with Gasteiger partial charge in [0.05, 0.1) is 17.4 Å². The number of hydrogen-bond acceptors (Lipinski definition) is 4. The van der Waals surface area contributed by atoms with E-state index in [1.165, 1.54) is 12.1 Å². The molecule has 7 nitrogen and oxygen atoms in total. The molecule has 29 heavy (non-hydrogen) atoms. The van der Waals surface area contributed by atoms with Crippen LogP contribution in [0.4, 0.5) is 10.1 Å². The zero-order chi connectivity index (χ0) is 20.5. The molecule has 1 aromatic heterocycles. The van der Waals surface area contributed by atoms with Gasteiger partial charge in [0, 0.05) is 6.20 Å². The number of nitrogens with one attached hydrogen (secondary N) is 2. The first-order chi connectivity index (χ1) is 13.9. The molecule has 0 spiro atoms. The fraction of sp³-hybridized carbons (Fsp3) is 0.190. The van der Waals surface area contributed by atoms with Crippen LogP contribution in [0.2, 0.25) is 0 Å². The van der Waals surface area contributed by atoms with Crippen molar-refractivity contribution in [3.63, 3.8) is 0 Å². The third kappa shape index (κ3) is 3.82. The molecule has 4 rings (SSSR count). The molecule has 0 radical (unpaired) electrons.